The van der Waals surface area contributed by atoms with Gasteiger partial charge in [-0.3, -0.25) is 0 Å². The van der Waals surface area contributed by atoms with E-state index < -0.39 is 0 Å². The molecule has 0 spiro atoms. The number of methoxy groups -OCH3 is 2. The van der Waals surface area contributed by atoms with Crippen LogP contribution in [0.3, 0.4) is 0 Å². The standard InChI is InChI=1S/C32H41N3O4/c1-37-30-10-5-9-29(30)32(23-35(31(36)38-2)22-25-7-3-4-8-28(25)32)26-15-18-34(19-16-26)17-6-20-39-27-13-11-24(21-33)12-14-27/h3-4,7-8,11-14,26,29-30H,5-6,9-10,15-20,22-23H2,1-2H3/t29-,30-,32?/m1/s1. The molecular formula is C32H41N3O4. The molecule has 1 saturated heterocycles. The maximum Gasteiger partial charge on any atom is 0.409 e. The smallest absolute Gasteiger partial charge is 0.409 e. The van der Waals surface area contributed by atoms with Crippen molar-refractivity contribution >= 4 is 6.09 Å². The van der Waals surface area contributed by atoms with E-state index in [-0.39, 0.29) is 17.6 Å². The number of fused-ring (bicyclic) bond motifs is 1. The fourth-order valence-corrected chi connectivity index (χ4v) is 7.57. The Kier molecular flexibility index (Phi) is 8.74. The number of amides is 1. The third-order valence-electron chi connectivity index (χ3n) is 9.37. The van der Waals surface area contributed by atoms with E-state index in [1.54, 1.807) is 12.1 Å². The summed E-state index contributed by atoms with van der Waals surface area (Å²) in [4.78, 5) is 17.4. The van der Waals surface area contributed by atoms with Crippen LogP contribution in [0, 0.1) is 23.2 Å². The highest BCUT2D eigenvalue weighted by atomic mass is 16.5. The first-order chi connectivity index (χ1) is 19.1. The number of hydrogen-bond donors (Lipinski definition) is 0. The minimum absolute atomic E-state index is 0.134. The summed E-state index contributed by atoms with van der Waals surface area (Å²) in [5.74, 6) is 1.66. The average Bonchev–Trinajstić information content (AvgIpc) is 3.48. The first-order valence-corrected chi connectivity index (χ1v) is 14.4. The van der Waals surface area contributed by atoms with Crippen LogP contribution in [0.2, 0.25) is 0 Å². The summed E-state index contributed by atoms with van der Waals surface area (Å²) in [6.45, 7) is 5.07. The molecule has 1 saturated carbocycles. The van der Waals surface area contributed by atoms with Crippen LogP contribution in [0.5, 0.6) is 5.75 Å². The van der Waals surface area contributed by atoms with Crippen LogP contribution in [0.15, 0.2) is 48.5 Å². The molecule has 3 aliphatic rings. The Bertz CT molecular complexity index is 1150. The van der Waals surface area contributed by atoms with Crippen LogP contribution < -0.4 is 4.74 Å². The lowest BCUT2D eigenvalue weighted by molar-refractivity contribution is -0.0219. The molecule has 3 atom stereocenters. The molecule has 0 N–H and O–H groups in total. The molecule has 0 aromatic heterocycles. The molecular weight excluding hydrogens is 490 g/mol. The number of nitriles is 1. The zero-order valence-corrected chi connectivity index (χ0v) is 23.3. The van der Waals surface area contributed by atoms with Crippen LogP contribution in [-0.4, -0.2) is 69.0 Å². The predicted molar refractivity (Wildman–Crippen MR) is 150 cm³/mol. The maximum absolute atomic E-state index is 12.9. The summed E-state index contributed by atoms with van der Waals surface area (Å²) in [7, 11) is 3.34. The molecule has 7 nitrogen and oxygen atoms in total. The molecule has 2 aliphatic heterocycles. The molecule has 1 unspecified atom stereocenters. The number of rotatable bonds is 8. The van der Waals surface area contributed by atoms with Gasteiger partial charge >= 0.3 is 6.09 Å². The Balaban J connectivity index is 1.29. The van der Waals surface area contributed by atoms with Gasteiger partial charge in [-0.2, -0.15) is 5.26 Å². The fraction of sp³-hybridized carbons (Fsp3) is 0.562. The summed E-state index contributed by atoms with van der Waals surface area (Å²) in [6, 6.07) is 18.2. The highest BCUT2D eigenvalue weighted by Crippen LogP contribution is 2.54. The van der Waals surface area contributed by atoms with Crippen molar-refractivity contribution in [3.8, 4) is 11.8 Å². The topological polar surface area (TPSA) is 75.0 Å². The van der Waals surface area contributed by atoms with Gasteiger partial charge in [-0.1, -0.05) is 30.7 Å². The molecule has 208 valence electrons. The van der Waals surface area contributed by atoms with Gasteiger partial charge in [0.05, 0.1) is 31.5 Å². The van der Waals surface area contributed by atoms with Crippen LogP contribution >= 0.6 is 0 Å². The van der Waals surface area contributed by atoms with Crippen molar-refractivity contribution in [2.45, 2.75) is 56.6 Å². The van der Waals surface area contributed by atoms with Crippen LogP contribution in [-0.2, 0) is 21.4 Å². The second kappa shape index (κ2) is 12.4. The van der Waals surface area contributed by atoms with Gasteiger partial charge < -0.3 is 24.0 Å². The maximum atomic E-state index is 12.9. The first-order valence-electron chi connectivity index (χ1n) is 14.4. The van der Waals surface area contributed by atoms with E-state index in [0.717, 1.165) is 57.5 Å². The number of carbonyl (C=O) groups excluding carboxylic acids is 1. The SMILES string of the molecule is COC(=O)N1Cc2ccccc2C(C2CCN(CCCOc3ccc(C#N)cc3)CC2)([C@@H]2CCC[C@H]2OC)C1. The molecule has 5 rings (SSSR count). The van der Waals surface area contributed by atoms with Gasteiger partial charge in [0.2, 0.25) is 0 Å². The van der Waals surface area contributed by atoms with Gasteiger partial charge in [0.1, 0.15) is 5.75 Å². The second-order valence-electron chi connectivity index (χ2n) is 11.3. The molecule has 1 amide bonds. The average molecular weight is 532 g/mol. The number of hydrogen-bond acceptors (Lipinski definition) is 6. The van der Waals surface area contributed by atoms with Crippen LogP contribution in [0.1, 0.15) is 55.2 Å². The first kappa shape index (κ1) is 27.5. The van der Waals surface area contributed by atoms with Crippen molar-refractivity contribution < 1.29 is 19.0 Å². The minimum atomic E-state index is -0.236. The largest absolute Gasteiger partial charge is 0.494 e. The van der Waals surface area contributed by atoms with Gasteiger partial charge in [-0.25, -0.2) is 4.79 Å². The minimum Gasteiger partial charge on any atom is -0.494 e. The van der Waals surface area contributed by atoms with Gasteiger partial charge in [-0.15, -0.1) is 0 Å². The number of benzene rings is 2. The highest BCUT2D eigenvalue weighted by Gasteiger charge is 2.55. The molecule has 0 bridgehead atoms. The number of carbonyl (C=O) groups is 1. The van der Waals surface area contributed by atoms with Crippen LogP contribution in [0.4, 0.5) is 4.79 Å². The van der Waals surface area contributed by atoms with Crippen molar-refractivity contribution in [3.05, 3.63) is 65.2 Å². The Morgan fingerprint density at radius 3 is 2.54 bits per heavy atom. The third-order valence-corrected chi connectivity index (χ3v) is 9.37. The van der Waals surface area contributed by atoms with Crippen molar-refractivity contribution in [2.75, 3.05) is 47.0 Å². The Hall–Kier alpha value is -3.08. The van der Waals surface area contributed by atoms with Gasteiger partial charge in [0, 0.05) is 32.2 Å². The summed E-state index contributed by atoms with van der Waals surface area (Å²) < 4.78 is 17.2. The van der Waals surface area contributed by atoms with Gasteiger partial charge in [0.25, 0.3) is 0 Å². The number of ether oxygens (including phenoxy) is 3. The molecule has 0 radical (unpaired) electrons. The molecule has 2 aromatic carbocycles. The van der Waals surface area contributed by atoms with Gasteiger partial charge in [-0.05, 0) is 92.4 Å². The lowest BCUT2D eigenvalue weighted by atomic mass is 9.56. The van der Waals surface area contributed by atoms with E-state index in [1.807, 2.05) is 24.1 Å². The van der Waals surface area contributed by atoms with E-state index in [4.69, 9.17) is 19.5 Å². The zero-order valence-electron chi connectivity index (χ0n) is 23.3. The summed E-state index contributed by atoms with van der Waals surface area (Å²) in [5, 5.41) is 8.96. The lowest BCUT2D eigenvalue weighted by Gasteiger charge is -2.54. The van der Waals surface area contributed by atoms with Gasteiger partial charge in [0.15, 0.2) is 0 Å². The molecule has 7 heteroatoms. The summed E-state index contributed by atoms with van der Waals surface area (Å²) in [5.41, 5.74) is 3.18. The van der Waals surface area contributed by atoms with E-state index in [2.05, 4.69) is 35.2 Å². The number of piperidine rings is 1. The molecule has 1 aliphatic carbocycles. The van der Waals surface area contributed by atoms with Crippen molar-refractivity contribution in [2.24, 2.45) is 11.8 Å². The molecule has 2 heterocycles. The molecule has 39 heavy (non-hydrogen) atoms. The van der Waals surface area contributed by atoms with E-state index in [9.17, 15) is 4.79 Å². The van der Waals surface area contributed by atoms with Crippen LogP contribution in [0.25, 0.3) is 0 Å². The Labute approximate surface area is 232 Å². The normalized spacial score (nSPS) is 25.6. The number of nitrogens with zero attached hydrogens (tertiary/aromatic N) is 3. The summed E-state index contributed by atoms with van der Waals surface area (Å²) in [6.07, 6.45) is 6.54. The number of likely N-dealkylation sites (tertiary alicyclic amines) is 1. The van der Waals surface area contributed by atoms with E-state index in [1.165, 1.54) is 24.7 Å². The van der Waals surface area contributed by atoms with E-state index >= 15 is 0 Å². The fourth-order valence-electron chi connectivity index (χ4n) is 7.57. The second-order valence-corrected chi connectivity index (χ2v) is 11.3. The molecule has 2 fully saturated rings. The third kappa shape index (κ3) is 5.64. The summed E-state index contributed by atoms with van der Waals surface area (Å²) >= 11 is 0. The highest BCUT2D eigenvalue weighted by molar-refractivity contribution is 5.68. The zero-order chi connectivity index (χ0) is 27.2. The lowest BCUT2D eigenvalue weighted by Crippen LogP contribution is -2.59. The predicted octanol–water partition coefficient (Wildman–Crippen LogP) is 5.37. The quantitative estimate of drug-likeness (QED) is 0.426. The van der Waals surface area contributed by atoms with E-state index in [0.29, 0.717) is 37.1 Å². The Morgan fingerprint density at radius 2 is 1.82 bits per heavy atom. The Morgan fingerprint density at radius 1 is 1.05 bits per heavy atom. The van der Waals surface area contributed by atoms with Crippen molar-refractivity contribution in [3.63, 3.8) is 0 Å². The monoisotopic (exact) mass is 531 g/mol. The molecule has 2 aromatic rings. The van der Waals surface area contributed by atoms with Crippen molar-refractivity contribution in [1.29, 1.82) is 5.26 Å². The van der Waals surface area contributed by atoms with Crippen molar-refractivity contribution in [1.82, 2.24) is 9.80 Å².